The van der Waals surface area contributed by atoms with Crippen molar-refractivity contribution < 1.29 is 9.47 Å². The molecule has 1 rings (SSSR count). The molecule has 0 fully saturated rings. The van der Waals surface area contributed by atoms with Crippen LogP contribution in [0, 0.1) is 5.92 Å². The van der Waals surface area contributed by atoms with E-state index in [-0.39, 0.29) is 6.10 Å². The Bertz CT molecular complexity index is 345. The van der Waals surface area contributed by atoms with Gasteiger partial charge in [0, 0.05) is 33.5 Å². The molecular formula is C13H23N3O2. The first-order valence-electron chi connectivity index (χ1n) is 6.23. The molecule has 1 heterocycles. The Balaban J connectivity index is 2.61. The number of ether oxygens (including phenoxy) is 2. The highest BCUT2D eigenvalue weighted by molar-refractivity contribution is 5.04. The lowest BCUT2D eigenvalue weighted by molar-refractivity contribution is 0.0572. The van der Waals surface area contributed by atoms with Gasteiger partial charge in [0.1, 0.15) is 6.10 Å². The fourth-order valence-corrected chi connectivity index (χ4v) is 1.71. The van der Waals surface area contributed by atoms with Crippen LogP contribution in [0.2, 0.25) is 0 Å². The molecule has 1 unspecified atom stereocenters. The fraction of sp³-hybridized carbons (Fsp3) is 0.692. The zero-order valence-corrected chi connectivity index (χ0v) is 11.6. The highest BCUT2D eigenvalue weighted by atomic mass is 16.5. The molecule has 0 spiro atoms. The van der Waals surface area contributed by atoms with Crippen molar-refractivity contribution in [3.63, 3.8) is 0 Å². The molecule has 1 N–H and O–H groups in total. The van der Waals surface area contributed by atoms with Crippen LogP contribution < -0.4 is 5.32 Å². The summed E-state index contributed by atoms with van der Waals surface area (Å²) >= 11 is 0. The van der Waals surface area contributed by atoms with E-state index in [9.17, 15) is 0 Å². The number of aromatic nitrogens is 2. The Labute approximate surface area is 109 Å². The van der Waals surface area contributed by atoms with Gasteiger partial charge in [-0.2, -0.15) is 0 Å². The second-order valence-electron chi connectivity index (χ2n) is 4.48. The van der Waals surface area contributed by atoms with E-state index in [1.807, 2.05) is 6.07 Å². The summed E-state index contributed by atoms with van der Waals surface area (Å²) < 4.78 is 10.4. The van der Waals surface area contributed by atoms with E-state index in [1.54, 1.807) is 20.4 Å². The van der Waals surface area contributed by atoms with Crippen LogP contribution in [0.1, 0.15) is 31.5 Å². The predicted molar refractivity (Wildman–Crippen MR) is 70.2 cm³/mol. The molecule has 0 amide bonds. The van der Waals surface area contributed by atoms with Crippen LogP contribution in [-0.2, 0) is 16.0 Å². The molecule has 1 aromatic heterocycles. The molecule has 0 bridgehead atoms. The quantitative estimate of drug-likeness (QED) is 0.712. The zero-order valence-electron chi connectivity index (χ0n) is 11.6. The van der Waals surface area contributed by atoms with E-state index >= 15 is 0 Å². The van der Waals surface area contributed by atoms with Crippen LogP contribution in [0.5, 0.6) is 0 Å². The Morgan fingerprint density at radius 1 is 1.33 bits per heavy atom. The van der Waals surface area contributed by atoms with Gasteiger partial charge in [-0.05, 0) is 12.0 Å². The normalized spacial score (nSPS) is 12.9. The first-order valence-corrected chi connectivity index (χ1v) is 6.23. The van der Waals surface area contributed by atoms with Crippen molar-refractivity contribution in [1.82, 2.24) is 15.3 Å². The third kappa shape index (κ3) is 4.68. The smallest absolute Gasteiger partial charge is 0.157 e. The summed E-state index contributed by atoms with van der Waals surface area (Å²) in [5.41, 5.74) is 0.971. The standard InChI is InChI=1S/C13H23N3O2/c1-10(2)12(18-4)13-15-6-5-11(16-13)9-14-7-8-17-3/h5-6,10,12,14H,7-9H2,1-4H3. The second-order valence-corrected chi connectivity index (χ2v) is 4.48. The van der Waals surface area contributed by atoms with Gasteiger partial charge in [-0.25, -0.2) is 9.97 Å². The lowest BCUT2D eigenvalue weighted by Crippen LogP contribution is -2.20. The van der Waals surface area contributed by atoms with Crippen LogP contribution >= 0.6 is 0 Å². The zero-order chi connectivity index (χ0) is 13.4. The molecule has 5 nitrogen and oxygen atoms in total. The molecule has 0 saturated carbocycles. The predicted octanol–water partition coefficient (Wildman–Crippen LogP) is 1.56. The van der Waals surface area contributed by atoms with E-state index in [0.717, 1.165) is 18.1 Å². The van der Waals surface area contributed by atoms with Gasteiger partial charge in [0.25, 0.3) is 0 Å². The van der Waals surface area contributed by atoms with Crippen molar-refractivity contribution >= 4 is 0 Å². The Hall–Kier alpha value is -1.04. The van der Waals surface area contributed by atoms with Crippen molar-refractivity contribution in [3.05, 3.63) is 23.8 Å². The number of rotatable bonds is 8. The molecule has 0 aliphatic carbocycles. The van der Waals surface area contributed by atoms with Crippen LogP contribution in [-0.4, -0.2) is 37.3 Å². The lowest BCUT2D eigenvalue weighted by atomic mass is 10.1. The molecule has 0 saturated heterocycles. The molecule has 1 atom stereocenters. The third-order valence-corrected chi connectivity index (χ3v) is 2.63. The number of hydrogen-bond donors (Lipinski definition) is 1. The summed E-state index contributed by atoms with van der Waals surface area (Å²) in [4.78, 5) is 8.81. The third-order valence-electron chi connectivity index (χ3n) is 2.63. The Morgan fingerprint density at radius 2 is 2.11 bits per heavy atom. The highest BCUT2D eigenvalue weighted by Crippen LogP contribution is 2.21. The van der Waals surface area contributed by atoms with Gasteiger partial charge in [-0.3, -0.25) is 0 Å². The van der Waals surface area contributed by atoms with E-state index in [4.69, 9.17) is 9.47 Å². The maximum absolute atomic E-state index is 5.43. The van der Waals surface area contributed by atoms with E-state index in [2.05, 4.69) is 29.1 Å². The minimum Gasteiger partial charge on any atom is -0.383 e. The highest BCUT2D eigenvalue weighted by Gasteiger charge is 2.17. The summed E-state index contributed by atoms with van der Waals surface area (Å²) in [5, 5.41) is 3.26. The van der Waals surface area contributed by atoms with Crippen molar-refractivity contribution in [2.75, 3.05) is 27.4 Å². The van der Waals surface area contributed by atoms with Gasteiger partial charge in [0.15, 0.2) is 5.82 Å². The second kappa shape index (κ2) is 8.13. The SMILES string of the molecule is COCCNCc1ccnc(C(OC)C(C)C)n1. The lowest BCUT2D eigenvalue weighted by Gasteiger charge is -2.18. The molecule has 0 aliphatic rings. The van der Waals surface area contributed by atoms with Gasteiger partial charge >= 0.3 is 0 Å². The van der Waals surface area contributed by atoms with Crippen molar-refractivity contribution in [1.29, 1.82) is 0 Å². The van der Waals surface area contributed by atoms with Gasteiger partial charge in [0.2, 0.25) is 0 Å². The number of methoxy groups -OCH3 is 2. The fourth-order valence-electron chi connectivity index (χ4n) is 1.71. The molecule has 5 heteroatoms. The van der Waals surface area contributed by atoms with Crippen molar-refractivity contribution in [3.8, 4) is 0 Å². The van der Waals surface area contributed by atoms with Crippen LogP contribution in [0.15, 0.2) is 12.3 Å². The first-order chi connectivity index (χ1) is 8.69. The van der Waals surface area contributed by atoms with Gasteiger partial charge in [0.05, 0.1) is 12.3 Å². The van der Waals surface area contributed by atoms with E-state index < -0.39 is 0 Å². The maximum Gasteiger partial charge on any atom is 0.157 e. The summed E-state index contributed by atoms with van der Waals surface area (Å²) in [7, 11) is 3.38. The maximum atomic E-state index is 5.43. The van der Waals surface area contributed by atoms with Crippen molar-refractivity contribution in [2.45, 2.75) is 26.5 Å². The minimum atomic E-state index is -0.0519. The topological polar surface area (TPSA) is 56.3 Å². The first kappa shape index (κ1) is 15.0. The summed E-state index contributed by atoms with van der Waals surface area (Å²) in [6.45, 7) is 6.42. The Morgan fingerprint density at radius 3 is 2.72 bits per heavy atom. The van der Waals surface area contributed by atoms with Crippen LogP contribution in [0.4, 0.5) is 0 Å². The van der Waals surface area contributed by atoms with Gasteiger partial charge in [-0.15, -0.1) is 0 Å². The molecule has 1 aromatic rings. The summed E-state index contributed by atoms with van der Waals surface area (Å²) in [6.07, 6.45) is 1.73. The monoisotopic (exact) mass is 253 g/mol. The van der Waals surface area contributed by atoms with Gasteiger partial charge in [-0.1, -0.05) is 13.8 Å². The molecule has 18 heavy (non-hydrogen) atoms. The number of nitrogens with one attached hydrogen (secondary N) is 1. The summed E-state index contributed by atoms with van der Waals surface area (Å²) in [5.74, 6) is 1.10. The average Bonchev–Trinajstić information content (AvgIpc) is 2.36. The van der Waals surface area contributed by atoms with Crippen molar-refractivity contribution in [2.24, 2.45) is 5.92 Å². The van der Waals surface area contributed by atoms with E-state index in [0.29, 0.717) is 19.1 Å². The molecule has 0 aromatic carbocycles. The summed E-state index contributed by atoms with van der Waals surface area (Å²) in [6, 6.07) is 1.91. The van der Waals surface area contributed by atoms with Gasteiger partial charge < -0.3 is 14.8 Å². The molecule has 0 radical (unpaired) electrons. The molecule has 102 valence electrons. The Kier molecular flexibility index (Phi) is 6.78. The van der Waals surface area contributed by atoms with Crippen LogP contribution in [0.25, 0.3) is 0 Å². The number of nitrogens with zero attached hydrogens (tertiary/aromatic N) is 2. The largest absolute Gasteiger partial charge is 0.383 e. The van der Waals surface area contributed by atoms with Crippen LogP contribution in [0.3, 0.4) is 0 Å². The number of hydrogen-bond acceptors (Lipinski definition) is 5. The minimum absolute atomic E-state index is 0.0519. The average molecular weight is 253 g/mol. The van der Waals surface area contributed by atoms with E-state index in [1.165, 1.54) is 0 Å². The molecular weight excluding hydrogens is 230 g/mol. The molecule has 0 aliphatic heterocycles.